The molecule has 0 radical (unpaired) electrons. The first-order chi connectivity index (χ1) is 16.9. The van der Waals surface area contributed by atoms with Crippen LogP contribution in [0.1, 0.15) is 27.7 Å². The van der Waals surface area contributed by atoms with Gasteiger partial charge < -0.3 is 20.3 Å². The SMILES string of the molecule is CN(C)CCN(C)c1nc(C2COc3ccc(C(N)=O)cc3C2)nc2ccc(-c3cn[nH]c3)cc12. The maximum absolute atomic E-state index is 11.7. The molecule has 1 unspecified atom stereocenters. The van der Waals surface area contributed by atoms with E-state index in [-0.39, 0.29) is 5.92 Å². The summed E-state index contributed by atoms with van der Waals surface area (Å²) in [6.07, 6.45) is 4.36. The Hall–Kier alpha value is -3.98. The number of hydrogen-bond acceptors (Lipinski definition) is 7. The van der Waals surface area contributed by atoms with Gasteiger partial charge in [0.15, 0.2) is 0 Å². The minimum Gasteiger partial charge on any atom is -0.493 e. The number of fused-ring (bicyclic) bond motifs is 2. The normalized spacial score (nSPS) is 15.1. The van der Waals surface area contributed by atoms with Crippen molar-refractivity contribution < 1.29 is 9.53 Å². The molecule has 5 rings (SSSR count). The Morgan fingerprint density at radius 3 is 2.71 bits per heavy atom. The molecule has 4 aromatic rings. The van der Waals surface area contributed by atoms with Crippen molar-refractivity contribution in [3.05, 3.63) is 65.7 Å². The van der Waals surface area contributed by atoms with Crippen LogP contribution in [0.15, 0.2) is 48.8 Å². The molecule has 1 aliphatic heterocycles. The van der Waals surface area contributed by atoms with Gasteiger partial charge in [-0.05, 0) is 62.0 Å². The van der Waals surface area contributed by atoms with Crippen molar-refractivity contribution in [1.29, 1.82) is 0 Å². The van der Waals surface area contributed by atoms with E-state index in [2.05, 4.69) is 53.3 Å². The van der Waals surface area contributed by atoms with Gasteiger partial charge in [-0.3, -0.25) is 9.89 Å². The molecule has 2 aromatic carbocycles. The topological polar surface area (TPSA) is 113 Å². The third kappa shape index (κ3) is 4.67. The predicted molar refractivity (Wildman–Crippen MR) is 136 cm³/mol. The molecule has 3 heterocycles. The van der Waals surface area contributed by atoms with Crippen LogP contribution >= 0.6 is 0 Å². The van der Waals surface area contributed by atoms with E-state index in [0.717, 1.165) is 58.1 Å². The lowest BCUT2D eigenvalue weighted by atomic mass is 9.94. The number of hydrogen-bond donors (Lipinski definition) is 2. The van der Waals surface area contributed by atoms with Gasteiger partial charge in [0, 0.05) is 42.8 Å². The number of rotatable bonds is 7. The summed E-state index contributed by atoms with van der Waals surface area (Å²) >= 11 is 0. The van der Waals surface area contributed by atoms with Crippen LogP contribution in [0, 0.1) is 0 Å². The molecular weight excluding hydrogens is 442 g/mol. The maximum Gasteiger partial charge on any atom is 0.248 e. The highest BCUT2D eigenvalue weighted by atomic mass is 16.5. The third-order valence-electron chi connectivity index (χ3n) is 6.39. The first kappa shape index (κ1) is 22.8. The summed E-state index contributed by atoms with van der Waals surface area (Å²) in [7, 11) is 6.18. The molecule has 0 aliphatic carbocycles. The molecule has 0 fully saturated rings. The van der Waals surface area contributed by atoms with Crippen molar-refractivity contribution in [3.8, 4) is 16.9 Å². The summed E-state index contributed by atoms with van der Waals surface area (Å²) in [5.74, 6) is 1.91. The van der Waals surface area contributed by atoms with E-state index in [1.165, 1.54) is 0 Å². The lowest BCUT2D eigenvalue weighted by molar-refractivity contribution is 0.1000. The standard InChI is InChI=1S/C26H29N7O2/c1-32(2)8-9-33(3)26-21-12-16(20-13-28-29-14-20)4-6-22(21)30-25(31-26)19-11-18-10-17(24(27)34)5-7-23(18)35-15-19/h4-7,10,12-14,19H,8-9,11,15H2,1-3H3,(H2,27,34)(H,28,29). The molecule has 3 N–H and O–H groups in total. The molecule has 0 saturated heterocycles. The zero-order valence-corrected chi connectivity index (χ0v) is 20.2. The number of benzene rings is 2. The largest absolute Gasteiger partial charge is 0.493 e. The smallest absolute Gasteiger partial charge is 0.248 e. The van der Waals surface area contributed by atoms with Gasteiger partial charge in [0.1, 0.15) is 17.4 Å². The fourth-order valence-corrected chi connectivity index (χ4v) is 4.36. The molecule has 9 heteroatoms. The van der Waals surface area contributed by atoms with Crippen LogP contribution in [0.5, 0.6) is 5.75 Å². The Morgan fingerprint density at radius 2 is 1.97 bits per heavy atom. The molecule has 0 spiro atoms. The van der Waals surface area contributed by atoms with Crippen LogP contribution in [0.3, 0.4) is 0 Å². The number of nitrogens with zero attached hydrogens (tertiary/aromatic N) is 5. The van der Waals surface area contributed by atoms with Gasteiger partial charge in [-0.2, -0.15) is 5.10 Å². The lowest BCUT2D eigenvalue weighted by Gasteiger charge is -2.27. The highest BCUT2D eigenvalue weighted by molar-refractivity contribution is 5.94. The van der Waals surface area contributed by atoms with Crippen molar-refractivity contribution in [2.45, 2.75) is 12.3 Å². The molecule has 180 valence electrons. The van der Waals surface area contributed by atoms with Crippen LogP contribution in [-0.2, 0) is 6.42 Å². The van der Waals surface area contributed by atoms with Crippen molar-refractivity contribution in [1.82, 2.24) is 25.1 Å². The molecule has 35 heavy (non-hydrogen) atoms. The number of likely N-dealkylation sites (N-methyl/N-ethyl adjacent to an activating group) is 2. The summed E-state index contributed by atoms with van der Waals surface area (Å²) in [5.41, 5.74) is 9.85. The highest BCUT2D eigenvalue weighted by Crippen LogP contribution is 2.35. The summed E-state index contributed by atoms with van der Waals surface area (Å²) < 4.78 is 6.02. The average Bonchev–Trinajstić information content (AvgIpc) is 3.40. The second-order valence-electron chi connectivity index (χ2n) is 9.25. The number of aromatic nitrogens is 4. The number of nitrogens with two attached hydrogens (primary N) is 1. The zero-order valence-electron chi connectivity index (χ0n) is 20.2. The average molecular weight is 472 g/mol. The van der Waals surface area contributed by atoms with E-state index in [1.54, 1.807) is 6.07 Å². The minimum atomic E-state index is -0.449. The van der Waals surface area contributed by atoms with Crippen LogP contribution in [0.25, 0.3) is 22.0 Å². The number of ether oxygens (including phenoxy) is 1. The number of nitrogens with one attached hydrogen (secondary N) is 1. The Balaban J connectivity index is 1.55. The number of primary amides is 1. The van der Waals surface area contributed by atoms with E-state index in [9.17, 15) is 4.79 Å². The number of carbonyl (C=O) groups excluding carboxylic acids is 1. The van der Waals surface area contributed by atoms with Crippen LogP contribution < -0.4 is 15.4 Å². The molecule has 1 atom stereocenters. The van der Waals surface area contributed by atoms with Crippen molar-refractivity contribution in [2.75, 3.05) is 45.7 Å². The van der Waals surface area contributed by atoms with Gasteiger partial charge in [0.05, 0.1) is 24.2 Å². The monoisotopic (exact) mass is 471 g/mol. The Bertz CT molecular complexity index is 1370. The number of aromatic amines is 1. The molecule has 2 aromatic heterocycles. The first-order valence-corrected chi connectivity index (χ1v) is 11.6. The van der Waals surface area contributed by atoms with E-state index >= 15 is 0 Å². The van der Waals surface area contributed by atoms with Gasteiger partial charge in [-0.15, -0.1) is 0 Å². The van der Waals surface area contributed by atoms with Gasteiger partial charge in [-0.25, -0.2) is 9.97 Å². The van der Waals surface area contributed by atoms with E-state index in [1.807, 2.05) is 30.6 Å². The van der Waals surface area contributed by atoms with Gasteiger partial charge >= 0.3 is 0 Å². The van der Waals surface area contributed by atoms with Crippen LogP contribution in [-0.4, -0.2) is 71.8 Å². The van der Waals surface area contributed by atoms with Crippen LogP contribution in [0.4, 0.5) is 5.82 Å². The molecule has 1 amide bonds. The Morgan fingerprint density at radius 1 is 1.11 bits per heavy atom. The Labute approximate surface area is 203 Å². The number of anilines is 1. The zero-order chi connectivity index (χ0) is 24.5. The number of H-pyrrole nitrogens is 1. The third-order valence-corrected chi connectivity index (χ3v) is 6.39. The molecule has 0 saturated carbocycles. The molecule has 9 nitrogen and oxygen atoms in total. The second-order valence-corrected chi connectivity index (χ2v) is 9.25. The molecule has 0 bridgehead atoms. The molecule has 1 aliphatic rings. The quantitative estimate of drug-likeness (QED) is 0.426. The van der Waals surface area contributed by atoms with Crippen molar-refractivity contribution in [2.24, 2.45) is 5.73 Å². The predicted octanol–water partition coefficient (Wildman–Crippen LogP) is 2.84. The van der Waals surface area contributed by atoms with Crippen molar-refractivity contribution >= 4 is 22.6 Å². The van der Waals surface area contributed by atoms with Gasteiger partial charge in [-0.1, -0.05) is 6.07 Å². The van der Waals surface area contributed by atoms with Crippen LogP contribution in [0.2, 0.25) is 0 Å². The van der Waals surface area contributed by atoms with Gasteiger partial charge in [0.2, 0.25) is 5.91 Å². The summed E-state index contributed by atoms with van der Waals surface area (Å²) in [4.78, 5) is 26.0. The number of amides is 1. The summed E-state index contributed by atoms with van der Waals surface area (Å²) in [6.45, 7) is 2.19. The summed E-state index contributed by atoms with van der Waals surface area (Å²) in [6, 6.07) is 11.5. The minimum absolute atomic E-state index is 0.0374. The number of carbonyl (C=O) groups is 1. The maximum atomic E-state index is 11.7. The van der Waals surface area contributed by atoms with E-state index in [0.29, 0.717) is 18.6 Å². The highest BCUT2D eigenvalue weighted by Gasteiger charge is 2.26. The fraction of sp³-hybridized carbons (Fsp3) is 0.308. The van der Waals surface area contributed by atoms with E-state index < -0.39 is 5.91 Å². The Kier molecular flexibility index (Phi) is 6.08. The summed E-state index contributed by atoms with van der Waals surface area (Å²) in [5, 5.41) is 7.95. The lowest BCUT2D eigenvalue weighted by Crippen LogP contribution is -2.30. The van der Waals surface area contributed by atoms with E-state index in [4.69, 9.17) is 20.4 Å². The second kappa shape index (κ2) is 9.34. The first-order valence-electron chi connectivity index (χ1n) is 11.6. The molecular formula is C26H29N7O2. The fourth-order valence-electron chi connectivity index (χ4n) is 4.36. The van der Waals surface area contributed by atoms with Gasteiger partial charge in [0.25, 0.3) is 0 Å². The van der Waals surface area contributed by atoms with Crippen molar-refractivity contribution in [3.63, 3.8) is 0 Å².